The predicted octanol–water partition coefficient (Wildman–Crippen LogP) is 5.84. The average Bonchev–Trinajstić information content (AvgIpc) is 2.94. The van der Waals surface area contributed by atoms with Gasteiger partial charge in [0, 0.05) is 21.3 Å². The maximum atomic E-state index is 14.5. The SMILES string of the molecule is Cc1cccc(C)c1NC(=O)ONC1=Nc2ccc(Br)cc2C(c2ccccc2F)=NC1. The normalized spacial score (nSPS) is 12.8. The molecular formula is C24H20BrFN4O2. The summed E-state index contributed by atoms with van der Waals surface area (Å²) in [6, 6.07) is 17.6. The standard InChI is InChI=1S/C24H20BrFN4O2/c1-14-6-5-7-15(2)22(14)29-24(31)32-30-21-13-27-23(17-8-3-4-9-19(17)26)18-12-16(25)10-11-20(18)28-21/h3-12H,13H2,1-2H3,(H,28,30)(H,29,31). The number of carbonyl (C=O) groups is 1. The van der Waals surface area contributed by atoms with Gasteiger partial charge in [-0.25, -0.2) is 19.7 Å². The van der Waals surface area contributed by atoms with Crippen molar-refractivity contribution in [1.82, 2.24) is 5.48 Å². The zero-order valence-electron chi connectivity index (χ0n) is 17.4. The van der Waals surface area contributed by atoms with E-state index in [1.165, 1.54) is 6.07 Å². The van der Waals surface area contributed by atoms with E-state index in [0.29, 0.717) is 34.0 Å². The molecule has 1 aliphatic heterocycles. The maximum absolute atomic E-state index is 14.5. The van der Waals surface area contributed by atoms with Gasteiger partial charge in [-0.2, -0.15) is 0 Å². The quantitative estimate of drug-likeness (QED) is 0.439. The van der Waals surface area contributed by atoms with E-state index in [2.05, 4.69) is 36.7 Å². The van der Waals surface area contributed by atoms with Gasteiger partial charge >= 0.3 is 6.09 Å². The van der Waals surface area contributed by atoms with E-state index in [9.17, 15) is 9.18 Å². The fraction of sp³-hybridized carbons (Fsp3) is 0.125. The fourth-order valence-electron chi connectivity index (χ4n) is 3.40. The van der Waals surface area contributed by atoms with E-state index >= 15 is 0 Å². The third kappa shape index (κ3) is 4.70. The lowest BCUT2D eigenvalue weighted by atomic mass is 10.0. The van der Waals surface area contributed by atoms with E-state index in [1.807, 2.05) is 44.2 Å². The van der Waals surface area contributed by atoms with Crippen LogP contribution < -0.4 is 10.8 Å². The summed E-state index contributed by atoms with van der Waals surface area (Å²) in [6.07, 6.45) is -0.677. The number of amides is 1. The van der Waals surface area contributed by atoms with Crippen molar-refractivity contribution in [2.75, 3.05) is 11.9 Å². The van der Waals surface area contributed by atoms with Crippen molar-refractivity contribution >= 4 is 44.9 Å². The highest BCUT2D eigenvalue weighted by atomic mass is 79.9. The average molecular weight is 495 g/mol. The number of aliphatic imine (C=N–C) groups is 2. The molecule has 0 aromatic heterocycles. The second kappa shape index (κ2) is 9.32. The molecule has 162 valence electrons. The van der Waals surface area contributed by atoms with Crippen molar-refractivity contribution in [3.63, 3.8) is 0 Å². The van der Waals surface area contributed by atoms with Gasteiger partial charge < -0.3 is 4.84 Å². The molecule has 0 bridgehead atoms. The number of hydroxylamine groups is 1. The monoisotopic (exact) mass is 494 g/mol. The number of benzene rings is 3. The first-order valence-electron chi connectivity index (χ1n) is 9.89. The van der Waals surface area contributed by atoms with Gasteiger partial charge in [0.15, 0.2) is 5.84 Å². The zero-order valence-corrected chi connectivity index (χ0v) is 19.0. The Morgan fingerprint density at radius 2 is 1.78 bits per heavy atom. The Morgan fingerprint density at radius 1 is 1.03 bits per heavy atom. The second-order valence-electron chi connectivity index (χ2n) is 7.25. The summed E-state index contributed by atoms with van der Waals surface area (Å²) < 4.78 is 15.3. The number of hydrogen-bond acceptors (Lipinski definition) is 5. The number of nitrogens with zero attached hydrogens (tertiary/aromatic N) is 2. The lowest BCUT2D eigenvalue weighted by Gasteiger charge is -2.12. The number of aryl methyl sites for hydroxylation is 2. The summed E-state index contributed by atoms with van der Waals surface area (Å²) in [6.45, 7) is 3.88. The van der Waals surface area contributed by atoms with Crippen molar-refractivity contribution in [3.8, 4) is 0 Å². The van der Waals surface area contributed by atoms with Crippen LogP contribution in [0.4, 0.5) is 20.6 Å². The van der Waals surface area contributed by atoms with Gasteiger partial charge in [0.25, 0.3) is 0 Å². The van der Waals surface area contributed by atoms with Gasteiger partial charge in [0.05, 0.1) is 11.4 Å². The van der Waals surface area contributed by atoms with Crippen LogP contribution in [-0.2, 0) is 4.84 Å². The van der Waals surface area contributed by atoms with Crippen LogP contribution in [0, 0.1) is 19.7 Å². The lowest BCUT2D eigenvalue weighted by molar-refractivity contribution is 0.134. The van der Waals surface area contributed by atoms with Gasteiger partial charge in [-0.15, -0.1) is 0 Å². The molecule has 32 heavy (non-hydrogen) atoms. The highest BCUT2D eigenvalue weighted by Crippen LogP contribution is 2.29. The molecule has 0 fully saturated rings. The smallest absolute Gasteiger partial charge is 0.323 e. The van der Waals surface area contributed by atoms with Gasteiger partial charge in [-0.3, -0.25) is 10.3 Å². The summed E-state index contributed by atoms with van der Waals surface area (Å²) in [4.78, 5) is 26.6. The van der Waals surface area contributed by atoms with Crippen molar-refractivity contribution in [2.45, 2.75) is 13.8 Å². The molecule has 4 rings (SSSR count). The highest BCUT2D eigenvalue weighted by Gasteiger charge is 2.20. The first-order valence-corrected chi connectivity index (χ1v) is 10.7. The molecule has 0 spiro atoms. The molecule has 3 aromatic rings. The largest absolute Gasteiger partial charge is 0.435 e. The van der Waals surface area contributed by atoms with Crippen LogP contribution in [0.3, 0.4) is 0 Å². The number of fused-ring (bicyclic) bond motifs is 1. The minimum Gasteiger partial charge on any atom is -0.323 e. The molecule has 1 aliphatic rings. The predicted molar refractivity (Wildman–Crippen MR) is 127 cm³/mol. The van der Waals surface area contributed by atoms with Crippen molar-refractivity contribution in [3.05, 3.63) is 93.2 Å². The number of rotatable bonds is 2. The Bertz CT molecular complexity index is 1240. The molecule has 0 radical (unpaired) electrons. The van der Waals surface area contributed by atoms with Gasteiger partial charge in [0.1, 0.15) is 12.4 Å². The molecule has 3 aromatic carbocycles. The van der Waals surface area contributed by atoms with Crippen molar-refractivity contribution in [2.24, 2.45) is 9.98 Å². The molecule has 0 saturated carbocycles. The Balaban J connectivity index is 1.57. The maximum Gasteiger partial charge on any atom is 0.435 e. The zero-order chi connectivity index (χ0) is 22.7. The van der Waals surface area contributed by atoms with E-state index in [-0.39, 0.29) is 12.4 Å². The van der Waals surface area contributed by atoms with Crippen LogP contribution in [0.5, 0.6) is 0 Å². The van der Waals surface area contributed by atoms with Crippen LogP contribution in [0.25, 0.3) is 0 Å². The molecule has 0 saturated heterocycles. The van der Waals surface area contributed by atoms with Crippen LogP contribution in [0.1, 0.15) is 22.3 Å². The molecule has 8 heteroatoms. The molecule has 1 heterocycles. The molecule has 0 atom stereocenters. The van der Waals surface area contributed by atoms with Crippen LogP contribution in [0.2, 0.25) is 0 Å². The van der Waals surface area contributed by atoms with E-state index in [0.717, 1.165) is 15.6 Å². The Labute approximate surface area is 193 Å². The number of carbonyl (C=O) groups excluding carboxylic acids is 1. The third-order valence-corrected chi connectivity index (χ3v) is 5.45. The lowest BCUT2D eigenvalue weighted by Crippen LogP contribution is -2.31. The summed E-state index contributed by atoms with van der Waals surface area (Å²) in [5.74, 6) is -0.0608. The minimum absolute atomic E-state index is 0.0760. The number of para-hydroxylation sites is 1. The fourth-order valence-corrected chi connectivity index (χ4v) is 3.76. The summed E-state index contributed by atoms with van der Waals surface area (Å²) >= 11 is 3.45. The van der Waals surface area contributed by atoms with Crippen LogP contribution >= 0.6 is 15.9 Å². The van der Waals surface area contributed by atoms with Gasteiger partial charge in [-0.05, 0) is 55.3 Å². The molecule has 1 amide bonds. The number of nitrogens with one attached hydrogen (secondary N) is 2. The molecule has 2 N–H and O–H groups in total. The van der Waals surface area contributed by atoms with E-state index in [1.54, 1.807) is 24.3 Å². The van der Waals surface area contributed by atoms with Gasteiger partial charge in [-0.1, -0.05) is 46.3 Å². The first kappa shape index (κ1) is 21.7. The molecule has 0 unspecified atom stereocenters. The minimum atomic E-state index is -0.677. The molecular weight excluding hydrogens is 475 g/mol. The number of anilines is 1. The summed E-state index contributed by atoms with van der Waals surface area (Å²) in [7, 11) is 0. The Morgan fingerprint density at radius 3 is 2.53 bits per heavy atom. The molecule has 0 aliphatic carbocycles. The van der Waals surface area contributed by atoms with E-state index in [4.69, 9.17) is 4.84 Å². The Kier molecular flexibility index (Phi) is 6.32. The van der Waals surface area contributed by atoms with E-state index < -0.39 is 6.09 Å². The number of hydrogen-bond donors (Lipinski definition) is 2. The number of halogens is 2. The second-order valence-corrected chi connectivity index (χ2v) is 8.16. The highest BCUT2D eigenvalue weighted by molar-refractivity contribution is 9.10. The molecule has 6 nitrogen and oxygen atoms in total. The van der Waals surface area contributed by atoms with Crippen molar-refractivity contribution in [1.29, 1.82) is 0 Å². The van der Waals surface area contributed by atoms with Crippen molar-refractivity contribution < 1.29 is 14.0 Å². The first-order chi connectivity index (χ1) is 15.4. The number of amidine groups is 1. The van der Waals surface area contributed by atoms with Crippen LogP contribution in [0.15, 0.2) is 75.1 Å². The topological polar surface area (TPSA) is 75.1 Å². The Hall–Kier alpha value is -3.52. The third-order valence-electron chi connectivity index (χ3n) is 4.95. The van der Waals surface area contributed by atoms with Gasteiger partial charge in [0.2, 0.25) is 0 Å². The van der Waals surface area contributed by atoms with Crippen LogP contribution in [-0.4, -0.2) is 24.2 Å². The summed E-state index contributed by atoms with van der Waals surface area (Å²) in [5.41, 5.74) is 7.22. The summed E-state index contributed by atoms with van der Waals surface area (Å²) in [5, 5.41) is 2.73.